The number of aromatic nitrogens is 3. The Bertz CT molecular complexity index is 1480. The predicted octanol–water partition coefficient (Wildman–Crippen LogP) is 6.35. The smallest absolute Gasteiger partial charge is 0.254 e. The summed E-state index contributed by atoms with van der Waals surface area (Å²) in [6.45, 7) is 5.85. The van der Waals surface area contributed by atoms with Crippen LogP contribution in [0.1, 0.15) is 40.1 Å². The lowest BCUT2D eigenvalue weighted by Gasteiger charge is -2.22. The number of Topliss-reactive ketones (excluding diaryl/α,β-unsaturated/α-hetero) is 1. The van der Waals surface area contributed by atoms with Crippen molar-refractivity contribution in [3.8, 4) is 11.3 Å². The zero-order valence-electron chi connectivity index (χ0n) is 20.1. The van der Waals surface area contributed by atoms with E-state index in [4.69, 9.17) is 23.2 Å². The molecule has 0 atom stereocenters. The van der Waals surface area contributed by atoms with Gasteiger partial charge in [-0.1, -0.05) is 50.0 Å². The van der Waals surface area contributed by atoms with Crippen LogP contribution in [0.5, 0.6) is 0 Å². The van der Waals surface area contributed by atoms with E-state index in [1.54, 1.807) is 18.2 Å². The van der Waals surface area contributed by atoms with Crippen LogP contribution in [-0.4, -0.2) is 33.1 Å². The summed E-state index contributed by atoms with van der Waals surface area (Å²) in [5.41, 5.74) is -0.312. The predicted molar refractivity (Wildman–Crippen MR) is 147 cm³/mol. The van der Waals surface area contributed by atoms with Gasteiger partial charge in [0.2, 0.25) is 0 Å². The first-order valence-electron chi connectivity index (χ1n) is 11.0. The lowest BCUT2D eigenvalue weighted by atomic mass is 9.96. The Hall–Kier alpha value is -2.72. The molecule has 4 aromatic rings. The number of ketones is 1. The van der Waals surface area contributed by atoms with Gasteiger partial charge in [0.1, 0.15) is 5.82 Å². The summed E-state index contributed by atoms with van der Waals surface area (Å²) in [6.07, 6.45) is 1.44. The minimum atomic E-state index is -0.694. The van der Waals surface area contributed by atoms with E-state index in [1.807, 2.05) is 50.2 Å². The Labute approximate surface area is 226 Å². The summed E-state index contributed by atoms with van der Waals surface area (Å²) in [4.78, 5) is 42.1. The number of rotatable bonds is 7. The molecule has 0 amide bonds. The van der Waals surface area contributed by atoms with Gasteiger partial charge in [-0.15, -0.1) is 22.7 Å². The van der Waals surface area contributed by atoms with Gasteiger partial charge < -0.3 is 9.47 Å². The number of nitrogens with zero attached hydrogens (tertiary/aromatic N) is 4. The van der Waals surface area contributed by atoms with E-state index in [0.29, 0.717) is 32.8 Å². The maximum absolute atomic E-state index is 13.3. The normalized spacial score (nSPS) is 11.6. The third kappa shape index (κ3) is 5.64. The number of thiophene rings is 2. The van der Waals surface area contributed by atoms with Gasteiger partial charge in [0.05, 0.1) is 33.0 Å². The van der Waals surface area contributed by atoms with Crippen molar-refractivity contribution in [1.29, 1.82) is 0 Å². The second-order valence-electron chi connectivity index (χ2n) is 9.32. The SMILES string of the molecule is CN(Cc1ccc(Cl)s1)c1cc(-c2cc(=O)n(CC(=O)c3cccs3)cc2Cl)nn1C(=O)C(C)(C)C. The van der Waals surface area contributed by atoms with Gasteiger partial charge in [-0.2, -0.15) is 9.78 Å². The van der Waals surface area contributed by atoms with Crippen LogP contribution in [0.3, 0.4) is 0 Å². The van der Waals surface area contributed by atoms with Crippen LogP contribution < -0.4 is 10.5 Å². The van der Waals surface area contributed by atoms with E-state index < -0.39 is 5.41 Å². The van der Waals surface area contributed by atoms with Crippen LogP contribution in [-0.2, 0) is 13.1 Å². The molecule has 0 aliphatic heterocycles. The fourth-order valence-electron chi connectivity index (χ4n) is 3.53. The van der Waals surface area contributed by atoms with Crippen molar-refractivity contribution in [3.05, 3.63) is 77.4 Å². The first-order chi connectivity index (χ1) is 16.9. The van der Waals surface area contributed by atoms with Crippen LogP contribution in [0, 0.1) is 5.41 Å². The second-order valence-corrected chi connectivity index (χ2v) is 12.5. The molecule has 0 saturated carbocycles. The number of pyridine rings is 1. The number of hydrogen-bond donors (Lipinski definition) is 0. The summed E-state index contributed by atoms with van der Waals surface area (Å²) < 4.78 is 3.31. The molecular formula is C25H24Cl2N4O3S2. The fraction of sp³-hybridized carbons (Fsp3) is 0.280. The highest BCUT2D eigenvalue weighted by molar-refractivity contribution is 7.16. The van der Waals surface area contributed by atoms with E-state index in [2.05, 4.69) is 5.10 Å². The number of carbonyl (C=O) groups excluding carboxylic acids is 2. The highest BCUT2D eigenvalue weighted by atomic mass is 35.5. The molecule has 188 valence electrons. The van der Waals surface area contributed by atoms with Gasteiger partial charge in [-0.3, -0.25) is 14.4 Å². The highest BCUT2D eigenvalue weighted by Gasteiger charge is 2.29. The van der Waals surface area contributed by atoms with Gasteiger partial charge in [0.25, 0.3) is 11.5 Å². The molecule has 4 aromatic heterocycles. The molecule has 0 bridgehead atoms. The molecule has 4 rings (SSSR count). The fourth-order valence-corrected chi connectivity index (χ4v) is 5.60. The number of hydrogen-bond acceptors (Lipinski definition) is 7. The third-order valence-corrected chi connectivity index (χ3v) is 7.83. The molecule has 0 aliphatic carbocycles. The van der Waals surface area contributed by atoms with E-state index in [1.165, 1.54) is 44.2 Å². The molecule has 0 saturated heterocycles. The molecule has 36 heavy (non-hydrogen) atoms. The lowest BCUT2D eigenvalue weighted by Crippen LogP contribution is -2.31. The zero-order valence-corrected chi connectivity index (χ0v) is 23.3. The van der Waals surface area contributed by atoms with Crippen LogP contribution in [0.25, 0.3) is 11.3 Å². The average Bonchev–Trinajstić information content (AvgIpc) is 3.56. The Kier molecular flexibility index (Phi) is 7.56. The highest BCUT2D eigenvalue weighted by Crippen LogP contribution is 2.32. The topological polar surface area (TPSA) is 77.2 Å². The van der Waals surface area contributed by atoms with Crippen molar-refractivity contribution in [1.82, 2.24) is 14.3 Å². The number of carbonyl (C=O) groups is 2. The first kappa shape index (κ1) is 26.3. The van der Waals surface area contributed by atoms with Crippen molar-refractivity contribution in [2.45, 2.75) is 33.9 Å². The average molecular weight is 564 g/mol. The molecule has 11 heteroatoms. The Morgan fingerprint density at radius 3 is 2.50 bits per heavy atom. The molecule has 0 aliphatic rings. The standard InChI is InChI=1S/C25H24Cl2N4O3S2/c1-25(2,3)24(34)31-22(29(4)12-15-7-8-21(27)36-15)11-18(28-31)16-10-23(33)30(13-17(16)26)14-19(32)20-6-5-9-35-20/h5-11,13H,12,14H2,1-4H3. The zero-order chi connectivity index (χ0) is 26.2. The minimum Gasteiger partial charge on any atom is -0.354 e. The largest absolute Gasteiger partial charge is 0.354 e. The van der Waals surface area contributed by atoms with Gasteiger partial charge in [0.15, 0.2) is 5.78 Å². The number of halogens is 2. The summed E-state index contributed by atoms with van der Waals surface area (Å²) in [5, 5.41) is 6.61. The van der Waals surface area contributed by atoms with Crippen LogP contribution in [0.4, 0.5) is 5.82 Å². The van der Waals surface area contributed by atoms with Gasteiger partial charge in [-0.05, 0) is 23.6 Å². The Balaban J connectivity index is 1.71. The van der Waals surface area contributed by atoms with Crippen molar-refractivity contribution < 1.29 is 9.59 Å². The maximum atomic E-state index is 13.3. The molecule has 4 heterocycles. The van der Waals surface area contributed by atoms with Crippen LogP contribution in [0.15, 0.2) is 52.8 Å². The van der Waals surface area contributed by atoms with Crippen LogP contribution in [0.2, 0.25) is 9.36 Å². The van der Waals surface area contributed by atoms with Gasteiger partial charge in [-0.25, -0.2) is 0 Å². The van der Waals surface area contributed by atoms with Gasteiger partial charge >= 0.3 is 0 Å². The second kappa shape index (κ2) is 10.3. The summed E-state index contributed by atoms with van der Waals surface area (Å²) in [5.74, 6) is 0.182. The summed E-state index contributed by atoms with van der Waals surface area (Å²) in [6, 6.07) is 10.4. The molecular weight excluding hydrogens is 539 g/mol. The van der Waals surface area contributed by atoms with Crippen molar-refractivity contribution in [2.24, 2.45) is 5.41 Å². The quantitative estimate of drug-likeness (QED) is 0.245. The van der Waals surface area contributed by atoms with E-state index in [0.717, 1.165) is 4.88 Å². The van der Waals surface area contributed by atoms with E-state index in [-0.39, 0.29) is 28.8 Å². The number of anilines is 1. The molecule has 7 nitrogen and oxygen atoms in total. The molecule has 0 spiro atoms. The Morgan fingerprint density at radius 2 is 1.89 bits per heavy atom. The molecule has 0 radical (unpaired) electrons. The van der Waals surface area contributed by atoms with Gasteiger partial charge in [0, 0.05) is 41.2 Å². The van der Waals surface area contributed by atoms with Crippen molar-refractivity contribution >= 4 is 63.4 Å². The summed E-state index contributed by atoms with van der Waals surface area (Å²) in [7, 11) is 1.86. The Morgan fingerprint density at radius 1 is 1.14 bits per heavy atom. The first-order valence-corrected chi connectivity index (χ1v) is 13.5. The third-order valence-electron chi connectivity index (χ3n) is 5.40. The minimum absolute atomic E-state index is 0.117. The van der Waals surface area contributed by atoms with Crippen LogP contribution >= 0.6 is 45.9 Å². The summed E-state index contributed by atoms with van der Waals surface area (Å²) >= 11 is 15.4. The van der Waals surface area contributed by atoms with Crippen molar-refractivity contribution in [3.63, 3.8) is 0 Å². The van der Waals surface area contributed by atoms with E-state index in [9.17, 15) is 14.4 Å². The van der Waals surface area contributed by atoms with E-state index >= 15 is 0 Å². The lowest BCUT2D eigenvalue weighted by molar-refractivity contribution is 0.0751. The maximum Gasteiger partial charge on any atom is 0.254 e. The molecule has 0 unspecified atom stereocenters. The molecule has 0 aromatic carbocycles. The molecule has 0 N–H and O–H groups in total. The monoisotopic (exact) mass is 562 g/mol. The van der Waals surface area contributed by atoms with Crippen molar-refractivity contribution in [2.75, 3.05) is 11.9 Å². The molecule has 0 fully saturated rings.